The van der Waals surface area contributed by atoms with Gasteiger partial charge in [-0.15, -0.1) is 5.10 Å². The number of rotatable bonds is 4. The number of nitrogens with one attached hydrogen (secondary N) is 1. The fourth-order valence-corrected chi connectivity index (χ4v) is 2.88. The molecular formula is C19H19ClN4O. The fraction of sp³-hybridized carbons (Fsp3) is 0.211. The minimum absolute atomic E-state index is 0.281. The van der Waals surface area contributed by atoms with Crippen molar-refractivity contribution in [3.05, 3.63) is 70.0 Å². The summed E-state index contributed by atoms with van der Waals surface area (Å²) in [5.74, 6) is -0.284. The maximum atomic E-state index is 12.6. The van der Waals surface area contributed by atoms with Crippen molar-refractivity contribution in [3.8, 4) is 5.69 Å². The van der Waals surface area contributed by atoms with Crippen LogP contribution in [0.15, 0.2) is 42.5 Å². The SMILES string of the molecule is CCc1ccccc1NC(=O)c1nnn(-c2cc(C)ccc2Cl)c1C. The summed E-state index contributed by atoms with van der Waals surface area (Å²) in [6, 6.07) is 13.4. The molecule has 0 saturated carbocycles. The van der Waals surface area contributed by atoms with Crippen LogP contribution in [-0.2, 0) is 6.42 Å². The third-order valence-electron chi connectivity index (χ3n) is 4.09. The molecule has 6 heteroatoms. The number of hydrogen-bond donors (Lipinski definition) is 1. The second-order valence-corrected chi connectivity index (χ2v) is 6.26. The zero-order chi connectivity index (χ0) is 18.0. The van der Waals surface area contributed by atoms with Crippen molar-refractivity contribution < 1.29 is 4.79 Å². The van der Waals surface area contributed by atoms with Gasteiger partial charge in [0.1, 0.15) is 0 Å². The number of nitrogens with zero attached hydrogens (tertiary/aromatic N) is 3. The molecule has 5 nitrogen and oxygen atoms in total. The van der Waals surface area contributed by atoms with E-state index in [1.54, 1.807) is 11.6 Å². The van der Waals surface area contributed by atoms with E-state index in [-0.39, 0.29) is 11.6 Å². The second-order valence-electron chi connectivity index (χ2n) is 5.85. The predicted molar refractivity (Wildman–Crippen MR) is 99.6 cm³/mol. The molecular weight excluding hydrogens is 336 g/mol. The lowest BCUT2D eigenvalue weighted by Crippen LogP contribution is -2.15. The minimum Gasteiger partial charge on any atom is -0.320 e. The summed E-state index contributed by atoms with van der Waals surface area (Å²) < 4.78 is 1.59. The van der Waals surface area contributed by atoms with Gasteiger partial charge in [-0.05, 0) is 49.6 Å². The Morgan fingerprint density at radius 3 is 2.72 bits per heavy atom. The summed E-state index contributed by atoms with van der Waals surface area (Å²) in [7, 11) is 0. The van der Waals surface area contributed by atoms with Gasteiger partial charge in [0, 0.05) is 5.69 Å². The second kappa shape index (κ2) is 7.07. The van der Waals surface area contributed by atoms with Gasteiger partial charge in [-0.25, -0.2) is 4.68 Å². The zero-order valence-electron chi connectivity index (χ0n) is 14.4. The third kappa shape index (κ3) is 3.42. The molecule has 0 unspecified atom stereocenters. The summed E-state index contributed by atoms with van der Waals surface area (Å²) in [5.41, 5.74) is 4.54. The highest BCUT2D eigenvalue weighted by Gasteiger charge is 2.19. The molecule has 1 heterocycles. The van der Waals surface area contributed by atoms with Crippen LogP contribution in [0, 0.1) is 13.8 Å². The Hall–Kier alpha value is -2.66. The molecule has 0 fully saturated rings. The average molecular weight is 355 g/mol. The van der Waals surface area contributed by atoms with Gasteiger partial charge in [-0.3, -0.25) is 4.79 Å². The summed E-state index contributed by atoms with van der Waals surface area (Å²) in [6.45, 7) is 5.83. The van der Waals surface area contributed by atoms with E-state index < -0.39 is 0 Å². The number of aromatic nitrogens is 3. The lowest BCUT2D eigenvalue weighted by atomic mass is 10.1. The highest BCUT2D eigenvalue weighted by atomic mass is 35.5. The summed E-state index contributed by atoms with van der Waals surface area (Å²) in [5, 5.41) is 11.7. The van der Waals surface area contributed by atoms with Crippen LogP contribution in [0.25, 0.3) is 5.69 Å². The first-order valence-electron chi connectivity index (χ1n) is 8.09. The van der Waals surface area contributed by atoms with Crippen molar-refractivity contribution in [3.63, 3.8) is 0 Å². The van der Waals surface area contributed by atoms with Gasteiger partial charge in [0.2, 0.25) is 0 Å². The standard InChI is InChI=1S/C19H19ClN4O/c1-4-14-7-5-6-8-16(14)21-19(25)18-13(3)24(23-22-18)17-11-12(2)9-10-15(17)20/h5-11H,4H2,1-3H3,(H,21,25). The average Bonchev–Trinajstić information content (AvgIpc) is 2.99. The fourth-order valence-electron chi connectivity index (χ4n) is 2.68. The van der Waals surface area contributed by atoms with Gasteiger partial charge in [-0.1, -0.05) is 48.0 Å². The molecule has 128 valence electrons. The van der Waals surface area contributed by atoms with E-state index in [9.17, 15) is 4.79 Å². The molecule has 0 atom stereocenters. The van der Waals surface area contributed by atoms with Crippen molar-refractivity contribution in [1.82, 2.24) is 15.0 Å². The smallest absolute Gasteiger partial charge is 0.278 e. The van der Waals surface area contributed by atoms with E-state index in [1.165, 1.54) is 0 Å². The number of aryl methyl sites for hydroxylation is 2. The Morgan fingerprint density at radius 1 is 1.20 bits per heavy atom. The number of amides is 1. The highest BCUT2D eigenvalue weighted by molar-refractivity contribution is 6.32. The molecule has 1 amide bonds. The van der Waals surface area contributed by atoms with Gasteiger partial charge < -0.3 is 5.32 Å². The largest absolute Gasteiger partial charge is 0.320 e. The molecule has 0 aliphatic heterocycles. The lowest BCUT2D eigenvalue weighted by molar-refractivity contribution is 0.102. The molecule has 25 heavy (non-hydrogen) atoms. The van der Waals surface area contributed by atoms with Gasteiger partial charge in [0.25, 0.3) is 5.91 Å². The molecule has 0 aliphatic rings. The first kappa shape index (κ1) is 17.2. The van der Waals surface area contributed by atoms with Gasteiger partial charge in [0.15, 0.2) is 5.69 Å². The number of benzene rings is 2. The van der Waals surface area contributed by atoms with Crippen LogP contribution in [-0.4, -0.2) is 20.9 Å². The Kier molecular flexibility index (Phi) is 4.86. The Labute approximate surface area is 151 Å². The van der Waals surface area contributed by atoms with E-state index >= 15 is 0 Å². The maximum absolute atomic E-state index is 12.6. The molecule has 3 aromatic rings. The highest BCUT2D eigenvalue weighted by Crippen LogP contribution is 2.23. The van der Waals surface area contributed by atoms with E-state index in [1.807, 2.05) is 56.3 Å². The number of carbonyl (C=O) groups excluding carboxylic acids is 1. The molecule has 0 aliphatic carbocycles. The van der Waals surface area contributed by atoms with Crippen LogP contribution < -0.4 is 5.32 Å². The van der Waals surface area contributed by atoms with E-state index in [0.717, 1.165) is 23.2 Å². The molecule has 2 aromatic carbocycles. The lowest BCUT2D eigenvalue weighted by Gasteiger charge is -2.09. The number of para-hydroxylation sites is 1. The van der Waals surface area contributed by atoms with E-state index in [0.29, 0.717) is 16.4 Å². The van der Waals surface area contributed by atoms with Crippen molar-refractivity contribution in [2.75, 3.05) is 5.32 Å². The topological polar surface area (TPSA) is 59.8 Å². The van der Waals surface area contributed by atoms with Crippen molar-refractivity contribution in [2.45, 2.75) is 27.2 Å². The van der Waals surface area contributed by atoms with E-state index in [4.69, 9.17) is 11.6 Å². The van der Waals surface area contributed by atoms with Crippen LogP contribution in [0.5, 0.6) is 0 Å². The summed E-state index contributed by atoms with van der Waals surface area (Å²) in [6.07, 6.45) is 0.834. The molecule has 3 rings (SSSR count). The van der Waals surface area contributed by atoms with Gasteiger partial charge >= 0.3 is 0 Å². The van der Waals surface area contributed by atoms with Gasteiger partial charge in [0.05, 0.1) is 16.4 Å². The summed E-state index contributed by atoms with van der Waals surface area (Å²) in [4.78, 5) is 12.6. The zero-order valence-corrected chi connectivity index (χ0v) is 15.1. The predicted octanol–water partition coefficient (Wildman–Crippen LogP) is 4.35. The molecule has 0 spiro atoms. The molecule has 1 aromatic heterocycles. The van der Waals surface area contributed by atoms with Crippen LogP contribution in [0.3, 0.4) is 0 Å². The molecule has 0 bridgehead atoms. The quantitative estimate of drug-likeness (QED) is 0.757. The number of carbonyl (C=O) groups is 1. The number of hydrogen-bond acceptors (Lipinski definition) is 3. The molecule has 1 N–H and O–H groups in total. The monoisotopic (exact) mass is 354 g/mol. The van der Waals surface area contributed by atoms with E-state index in [2.05, 4.69) is 15.6 Å². The van der Waals surface area contributed by atoms with Crippen LogP contribution in [0.2, 0.25) is 5.02 Å². The Balaban J connectivity index is 1.93. The maximum Gasteiger partial charge on any atom is 0.278 e. The Morgan fingerprint density at radius 2 is 1.96 bits per heavy atom. The first-order chi connectivity index (χ1) is 12.0. The molecule has 0 radical (unpaired) electrons. The van der Waals surface area contributed by atoms with Crippen LogP contribution in [0.4, 0.5) is 5.69 Å². The summed E-state index contributed by atoms with van der Waals surface area (Å²) >= 11 is 6.27. The van der Waals surface area contributed by atoms with Crippen molar-refractivity contribution in [1.29, 1.82) is 0 Å². The number of anilines is 1. The normalized spacial score (nSPS) is 10.7. The Bertz CT molecular complexity index is 933. The van der Waals surface area contributed by atoms with Crippen LogP contribution in [0.1, 0.15) is 34.2 Å². The van der Waals surface area contributed by atoms with Gasteiger partial charge in [-0.2, -0.15) is 0 Å². The first-order valence-corrected chi connectivity index (χ1v) is 8.47. The van der Waals surface area contributed by atoms with Crippen molar-refractivity contribution >= 4 is 23.2 Å². The number of halogens is 1. The third-order valence-corrected chi connectivity index (χ3v) is 4.41. The van der Waals surface area contributed by atoms with Crippen molar-refractivity contribution in [2.24, 2.45) is 0 Å². The minimum atomic E-state index is -0.284. The molecule has 0 saturated heterocycles. The van der Waals surface area contributed by atoms with Crippen LogP contribution >= 0.6 is 11.6 Å².